The summed E-state index contributed by atoms with van der Waals surface area (Å²) in [5.41, 5.74) is 0. The molecule has 0 saturated heterocycles. The quantitative estimate of drug-likeness (QED) is 0.0625. The molecular formula is C35H70NaO. The molecule has 0 aromatic heterocycles. The van der Waals surface area contributed by atoms with Crippen molar-refractivity contribution in [2.45, 2.75) is 219 Å². The Labute approximate surface area is 258 Å². The van der Waals surface area contributed by atoms with Crippen LogP contribution in [0.4, 0.5) is 0 Å². The first kappa shape index (κ1) is 39.8. The van der Waals surface area contributed by atoms with Crippen LogP contribution in [-0.4, -0.2) is 35.3 Å². The Morgan fingerprint density at radius 2 is 0.459 bits per heavy atom. The minimum absolute atomic E-state index is 0. The van der Waals surface area contributed by atoms with Gasteiger partial charge in [-0.1, -0.05) is 194 Å². The molecule has 0 aromatic rings. The average Bonchev–Trinajstić information content (AvgIpc) is 2.88. The molecule has 1 nitrogen and oxygen atoms in total. The van der Waals surface area contributed by atoms with Crippen LogP contribution in [0, 0.1) is 0 Å². The Morgan fingerprint density at radius 1 is 0.297 bits per heavy atom. The van der Waals surface area contributed by atoms with Crippen LogP contribution in [0.3, 0.4) is 0 Å². The van der Waals surface area contributed by atoms with Gasteiger partial charge in [0.25, 0.3) is 0 Å². The molecule has 1 radical (unpaired) electrons. The Bertz CT molecular complexity index is 372. The van der Waals surface area contributed by atoms with Crippen molar-refractivity contribution in [2.75, 3.05) is 0 Å². The predicted octanol–water partition coefficient (Wildman–Crippen LogP) is 12.7. The maximum absolute atomic E-state index is 12.1. The van der Waals surface area contributed by atoms with Crippen molar-refractivity contribution >= 4 is 35.3 Å². The molecule has 0 bridgehead atoms. The minimum atomic E-state index is 0. The van der Waals surface area contributed by atoms with Crippen LogP contribution in [0.15, 0.2) is 0 Å². The topological polar surface area (TPSA) is 17.1 Å². The second kappa shape index (κ2) is 36.7. The number of carbonyl (C=O) groups is 1. The fraction of sp³-hybridized carbons (Fsp3) is 0.971. The summed E-state index contributed by atoms with van der Waals surface area (Å²) in [6.45, 7) is 4.59. The molecule has 0 fully saturated rings. The van der Waals surface area contributed by atoms with Crippen LogP contribution in [0.1, 0.15) is 219 Å². The van der Waals surface area contributed by atoms with Gasteiger partial charge in [0.2, 0.25) is 0 Å². The van der Waals surface area contributed by atoms with Gasteiger partial charge in [-0.15, -0.1) is 0 Å². The van der Waals surface area contributed by atoms with E-state index in [1.165, 1.54) is 180 Å². The number of Topliss-reactive ketones (excluding diaryl/α,β-unsaturated/α-hetero) is 1. The summed E-state index contributed by atoms with van der Waals surface area (Å²) < 4.78 is 0. The summed E-state index contributed by atoms with van der Waals surface area (Å²) in [4.78, 5) is 12.1. The molecule has 0 aliphatic rings. The largest absolute Gasteiger partial charge is 0.300 e. The van der Waals surface area contributed by atoms with Crippen molar-refractivity contribution < 1.29 is 4.79 Å². The molecule has 0 spiro atoms. The van der Waals surface area contributed by atoms with Gasteiger partial charge in [-0.3, -0.25) is 4.79 Å². The zero-order valence-corrected chi connectivity index (χ0v) is 28.5. The second-order valence-corrected chi connectivity index (χ2v) is 11.9. The molecule has 0 saturated carbocycles. The van der Waals surface area contributed by atoms with Gasteiger partial charge in [-0.2, -0.15) is 0 Å². The van der Waals surface area contributed by atoms with Crippen LogP contribution < -0.4 is 0 Å². The van der Waals surface area contributed by atoms with Crippen molar-refractivity contribution in [1.82, 2.24) is 0 Å². The van der Waals surface area contributed by atoms with E-state index in [0.717, 1.165) is 25.7 Å². The van der Waals surface area contributed by atoms with E-state index in [0.29, 0.717) is 5.78 Å². The molecule has 0 unspecified atom stereocenters. The Morgan fingerprint density at radius 3 is 0.649 bits per heavy atom. The Kier molecular flexibility index (Phi) is 39.5. The standard InChI is InChI=1S/C35H70O.Na/c1-3-5-7-9-11-13-15-17-19-21-23-25-27-29-31-33-35(36)34-32-30-28-26-24-22-20-18-16-14-12-10-8-6-4-2;/h3-34H2,1-2H3;. The number of carbonyl (C=O) groups excluding carboxylic acids is 1. The van der Waals surface area contributed by atoms with E-state index in [1.54, 1.807) is 0 Å². The van der Waals surface area contributed by atoms with Crippen LogP contribution in [-0.2, 0) is 4.79 Å². The third-order valence-corrected chi connectivity index (χ3v) is 8.12. The van der Waals surface area contributed by atoms with Gasteiger partial charge < -0.3 is 0 Å². The van der Waals surface area contributed by atoms with Gasteiger partial charge in [0.15, 0.2) is 0 Å². The van der Waals surface area contributed by atoms with Crippen LogP contribution in [0.25, 0.3) is 0 Å². The van der Waals surface area contributed by atoms with Gasteiger partial charge in [0.1, 0.15) is 5.78 Å². The van der Waals surface area contributed by atoms with Crippen LogP contribution in [0.5, 0.6) is 0 Å². The predicted molar refractivity (Wildman–Crippen MR) is 170 cm³/mol. The summed E-state index contributed by atoms with van der Waals surface area (Å²) in [5.74, 6) is 0.527. The molecule has 217 valence electrons. The Balaban J connectivity index is 0. The summed E-state index contributed by atoms with van der Waals surface area (Å²) in [6.07, 6.45) is 43.4. The van der Waals surface area contributed by atoms with Crippen LogP contribution in [0.2, 0.25) is 0 Å². The molecule has 0 rings (SSSR count). The fourth-order valence-electron chi connectivity index (χ4n) is 5.51. The first-order chi connectivity index (χ1) is 17.8. The number of hydrogen-bond donors (Lipinski definition) is 0. The molecule has 0 aliphatic heterocycles. The second-order valence-electron chi connectivity index (χ2n) is 11.9. The maximum Gasteiger partial charge on any atom is 0.132 e. The molecule has 0 amide bonds. The van der Waals surface area contributed by atoms with E-state index in [-0.39, 0.29) is 29.6 Å². The Hall–Kier alpha value is 0.670. The average molecular weight is 530 g/mol. The first-order valence-electron chi connectivity index (χ1n) is 17.3. The van der Waals surface area contributed by atoms with Crippen molar-refractivity contribution in [3.8, 4) is 0 Å². The summed E-state index contributed by atoms with van der Waals surface area (Å²) in [6, 6.07) is 0. The van der Waals surface area contributed by atoms with Crippen LogP contribution >= 0.6 is 0 Å². The zero-order chi connectivity index (χ0) is 26.2. The number of rotatable bonds is 32. The van der Waals surface area contributed by atoms with Crippen molar-refractivity contribution in [1.29, 1.82) is 0 Å². The van der Waals surface area contributed by atoms with E-state index in [1.807, 2.05) is 0 Å². The molecule has 37 heavy (non-hydrogen) atoms. The third-order valence-electron chi connectivity index (χ3n) is 8.12. The minimum Gasteiger partial charge on any atom is -0.300 e. The SMILES string of the molecule is CCCCCCCCCCCCCCCCCC(=O)CCCCCCCCCCCCCCCCC.[Na]. The fourth-order valence-corrected chi connectivity index (χ4v) is 5.51. The molecular weight excluding hydrogens is 459 g/mol. The van der Waals surface area contributed by atoms with E-state index < -0.39 is 0 Å². The van der Waals surface area contributed by atoms with Gasteiger partial charge in [-0.25, -0.2) is 0 Å². The van der Waals surface area contributed by atoms with E-state index in [4.69, 9.17) is 0 Å². The molecule has 0 aromatic carbocycles. The van der Waals surface area contributed by atoms with Gasteiger partial charge in [0.05, 0.1) is 0 Å². The van der Waals surface area contributed by atoms with E-state index in [2.05, 4.69) is 13.8 Å². The zero-order valence-electron chi connectivity index (χ0n) is 26.5. The molecule has 0 aliphatic carbocycles. The third kappa shape index (κ3) is 36.7. The smallest absolute Gasteiger partial charge is 0.132 e. The van der Waals surface area contributed by atoms with Crippen molar-refractivity contribution in [3.63, 3.8) is 0 Å². The molecule has 0 heterocycles. The van der Waals surface area contributed by atoms with E-state index in [9.17, 15) is 4.79 Å². The molecule has 0 atom stereocenters. The number of hydrogen-bond acceptors (Lipinski definition) is 1. The molecule has 2 heteroatoms. The van der Waals surface area contributed by atoms with E-state index >= 15 is 0 Å². The van der Waals surface area contributed by atoms with Crippen molar-refractivity contribution in [3.05, 3.63) is 0 Å². The summed E-state index contributed by atoms with van der Waals surface area (Å²) in [7, 11) is 0. The van der Waals surface area contributed by atoms with Gasteiger partial charge in [0, 0.05) is 42.4 Å². The normalized spacial score (nSPS) is 11.1. The molecule has 0 N–H and O–H groups in total. The number of ketones is 1. The summed E-state index contributed by atoms with van der Waals surface area (Å²) >= 11 is 0. The number of unbranched alkanes of at least 4 members (excludes halogenated alkanes) is 28. The van der Waals surface area contributed by atoms with Gasteiger partial charge >= 0.3 is 0 Å². The summed E-state index contributed by atoms with van der Waals surface area (Å²) in [5, 5.41) is 0. The monoisotopic (exact) mass is 530 g/mol. The van der Waals surface area contributed by atoms with Gasteiger partial charge in [-0.05, 0) is 12.8 Å². The maximum atomic E-state index is 12.1. The first-order valence-corrected chi connectivity index (χ1v) is 17.3. The van der Waals surface area contributed by atoms with Crippen molar-refractivity contribution in [2.24, 2.45) is 0 Å².